The normalized spacial score (nSPS) is 16.5. The molecule has 0 amide bonds. The van der Waals surface area contributed by atoms with E-state index in [4.69, 9.17) is 4.98 Å². The molecule has 0 aliphatic heterocycles. The molecule has 1 aromatic heterocycles. The first-order valence-electron chi connectivity index (χ1n) is 6.34. The van der Waals surface area contributed by atoms with Crippen molar-refractivity contribution in [2.24, 2.45) is 0 Å². The van der Waals surface area contributed by atoms with Gasteiger partial charge in [0.05, 0.1) is 5.69 Å². The summed E-state index contributed by atoms with van der Waals surface area (Å²) in [4.78, 5) is 7.00. The van der Waals surface area contributed by atoms with Crippen LogP contribution in [0, 0.1) is 0 Å². The van der Waals surface area contributed by atoms with Crippen LogP contribution in [0.15, 0.2) is 12.1 Å². The van der Waals surface area contributed by atoms with Gasteiger partial charge in [0.2, 0.25) is 0 Å². The summed E-state index contributed by atoms with van der Waals surface area (Å²) in [5.41, 5.74) is 4.02. The molecule has 1 fully saturated rings. The summed E-state index contributed by atoms with van der Waals surface area (Å²) in [7, 11) is 4.23. The Hall–Kier alpha value is -0.890. The lowest BCUT2D eigenvalue weighted by Gasteiger charge is -2.28. The van der Waals surface area contributed by atoms with E-state index < -0.39 is 0 Å². The molecule has 2 rings (SSSR count). The van der Waals surface area contributed by atoms with E-state index >= 15 is 0 Å². The Labute approximate surface area is 98.7 Å². The van der Waals surface area contributed by atoms with Gasteiger partial charge >= 0.3 is 0 Å². The molecule has 2 nitrogen and oxygen atoms in total. The summed E-state index contributed by atoms with van der Waals surface area (Å²) >= 11 is 0. The highest BCUT2D eigenvalue weighted by Gasteiger charge is 2.22. The van der Waals surface area contributed by atoms with Gasteiger partial charge in [0.1, 0.15) is 0 Å². The quantitative estimate of drug-likeness (QED) is 0.772. The molecular formula is C14H22N2. The van der Waals surface area contributed by atoms with E-state index in [2.05, 4.69) is 38.1 Å². The fourth-order valence-electron chi connectivity index (χ4n) is 2.27. The van der Waals surface area contributed by atoms with E-state index in [0.717, 1.165) is 18.9 Å². The van der Waals surface area contributed by atoms with Crippen molar-refractivity contribution in [2.45, 2.75) is 45.1 Å². The molecule has 1 heterocycles. The predicted octanol–water partition coefficient (Wildman–Crippen LogP) is 2.97. The molecule has 0 bridgehead atoms. The van der Waals surface area contributed by atoms with Crippen molar-refractivity contribution in [3.05, 3.63) is 29.1 Å². The molecule has 1 aromatic rings. The van der Waals surface area contributed by atoms with Crippen LogP contribution in [0.1, 0.15) is 49.1 Å². The summed E-state index contributed by atoms with van der Waals surface area (Å²) in [6, 6.07) is 4.52. The third kappa shape index (κ3) is 2.43. The van der Waals surface area contributed by atoms with E-state index in [1.165, 1.54) is 36.2 Å². The van der Waals surface area contributed by atoms with Crippen molar-refractivity contribution < 1.29 is 0 Å². The zero-order valence-corrected chi connectivity index (χ0v) is 10.7. The van der Waals surface area contributed by atoms with E-state index in [1.54, 1.807) is 0 Å². The number of hydrogen-bond acceptors (Lipinski definition) is 2. The van der Waals surface area contributed by atoms with Gasteiger partial charge in [-0.05, 0) is 50.9 Å². The van der Waals surface area contributed by atoms with Crippen LogP contribution in [0.2, 0.25) is 0 Å². The molecule has 1 saturated carbocycles. The van der Waals surface area contributed by atoms with Crippen molar-refractivity contribution in [1.82, 2.24) is 9.88 Å². The van der Waals surface area contributed by atoms with Crippen LogP contribution in [0.25, 0.3) is 0 Å². The Kier molecular flexibility index (Phi) is 3.59. The number of aromatic nitrogens is 1. The van der Waals surface area contributed by atoms with Crippen LogP contribution in [0.5, 0.6) is 0 Å². The number of nitrogens with zero attached hydrogens (tertiary/aromatic N) is 2. The SMILES string of the molecule is CCc1ccc(C2CCC2)c(CN(C)C)n1. The second kappa shape index (κ2) is 4.96. The smallest absolute Gasteiger partial charge is 0.0581 e. The van der Waals surface area contributed by atoms with Crippen LogP contribution in [-0.4, -0.2) is 24.0 Å². The molecule has 0 radical (unpaired) electrons. The van der Waals surface area contributed by atoms with E-state index in [0.29, 0.717) is 0 Å². The highest BCUT2D eigenvalue weighted by Crippen LogP contribution is 2.37. The molecule has 2 heteroatoms. The fraction of sp³-hybridized carbons (Fsp3) is 0.643. The van der Waals surface area contributed by atoms with Gasteiger partial charge in [-0.1, -0.05) is 19.4 Å². The Morgan fingerprint density at radius 3 is 2.56 bits per heavy atom. The molecule has 0 atom stereocenters. The summed E-state index contributed by atoms with van der Waals surface area (Å²) in [6.45, 7) is 3.14. The van der Waals surface area contributed by atoms with Crippen molar-refractivity contribution in [1.29, 1.82) is 0 Å². The summed E-state index contributed by atoms with van der Waals surface area (Å²) in [5.74, 6) is 0.786. The number of aryl methyl sites for hydroxylation is 1. The van der Waals surface area contributed by atoms with Gasteiger partial charge in [0, 0.05) is 12.2 Å². The monoisotopic (exact) mass is 218 g/mol. The van der Waals surface area contributed by atoms with E-state index in [1.807, 2.05) is 0 Å². The number of pyridine rings is 1. The molecule has 88 valence electrons. The second-order valence-electron chi connectivity index (χ2n) is 5.06. The van der Waals surface area contributed by atoms with Crippen molar-refractivity contribution >= 4 is 0 Å². The first-order chi connectivity index (χ1) is 7.70. The first-order valence-corrected chi connectivity index (χ1v) is 6.34. The van der Waals surface area contributed by atoms with Gasteiger partial charge in [-0.25, -0.2) is 0 Å². The van der Waals surface area contributed by atoms with Gasteiger partial charge in [0.15, 0.2) is 0 Å². The average Bonchev–Trinajstić information content (AvgIpc) is 2.17. The molecule has 0 saturated heterocycles. The maximum absolute atomic E-state index is 4.79. The van der Waals surface area contributed by atoms with Crippen LogP contribution < -0.4 is 0 Å². The molecular weight excluding hydrogens is 196 g/mol. The zero-order valence-electron chi connectivity index (χ0n) is 10.7. The van der Waals surface area contributed by atoms with Gasteiger partial charge in [0.25, 0.3) is 0 Å². The molecule has 0 unspecified atom stereocenters. The third-order valence-corrected chi connectivity index (χ3v) is 3.44. The minimum atomic E-state index is 0.786. The lowest BCUT2D eigenvalue weighted by atomic mass is 9.79. The lowest BCUT2D eigenvalue weighted by Crippen LogP contribution is -2.18. The molecule has 0 N–H and O–H groups in total. The molecule has 1 aliphatic carbocycles. The van der Waals surface area contributed by atoms with Crippen LogP contribution >= 0.6 is 0 Å². The highest BCUT2D eigenvalue weighted by molar-refractivity contribution is 5.28. The van der Waals surface area contributed by atoms with Crippen molar-refractivity contribution in [3.63, 3.8) is 0 Å². The molecule has 0 aromatic carbocycles. The highest BCUT2D eigenvalue weighted by atomic mass is 15.1. The van der Waals surface area contributed by atoms with Crippen LogP contribution in [0.4, 0.5) is 0 Å². The number of rotatable bonds is 4. The largest absolute Gasteiger partial charge is 0.304 e. The first kappa shape index (κ1) is 11.6. The zero-order chi connectivity index (χ0) is 11.5. The second-order valence-corrected chi connectivity index (χ2v) is 5.06. The third-order valence-electron chi connectivity index (χ3n) is 3.44. The molecule has 1 aliphatic rings. The maximum Gasteiger partial charge on any atom is 0.0581 e. The van der Waals surface area contributed by atoms with Gasteiger partial charge in [-0.3, -0.25) is 4.98 Å². The van der Waals surface area contributed by atoms with E-state index in [-0.39, 0.29) is 0 Å². The van der Waals surface area contributed by atoms with Gasteiger partial charge < -0.3 is 4.90 Å². The van der Waals surface area contributed by atoms with E-state index in [9.17, 15) is 0 Å². The van der Waals surface area contributed by atoms with Crippen molar-refractivity contribution in [2.75, 3.05) is 14.1 Å². The standard InChI is InChI=1S/C14H22N2/c1-4-12-8-9-13(11-6-5-7-11)14(15-12)10-16(2)3/h8-9,11H,4-7,10H2,1-3H3. The Morgan fingerprint density at radius 2 is 2.06 bits per heavy atom. The average molecular weight is 218 g/mol. The lowest BCUT2D eigenvalue weighted by molar-refractivity contribution is 0.377. The molecule has 16 heavy (non-hydrogen) atoms. The Balaban J connectivity index is 2.26. The maximum atomic E-state index is 4.79. The Bertz CT molecular complexity index is 354. The summed E-state index contributed by atoms with van der Waals surface area (Å²) < 4.78 is 0. The summed E-state index contributed by atoms with van der Waals surface area (Å²) in [5, 5.41) is 0. The van der Waals surface area contributed by atoms with Crippen LogP contribution in [0.3, 0.4) is 0 Å². The Morgan fingerprint density at radius 1 is 1.31 bits per heavy atom. The van der Waals surface area contributed by atoms with Crippen LogP contribution in [-0.2, 0) is 13.0 Å². The van der Waals surface area contributed by atoms with Crippen molar-refractivity contribution in [3.8, 4) is 0 Å². The molecule has 0 spiro atoms. The topological polar surface area (TPSA) is 16.1 Å². The van der Waals surface area contributed by atoms with Gasteiger partial charge in [-0.2, -0.15) is 0 Å². The minimum absolute atomic E-state index is 0.786. The van der Waals surface area contributed by atoms with Gasteiger partial charge in [-0.15, -0.1) is 0 Å². The predicted molar refractivity (Wildman–Crippen MR) is 67.6 cm³/mol. The minimum Gasteiger partial charge on any atom is -0.304 e. The number of hydrogen-bond donors (Lipinski definition) is 0. The summed E-state index contributed by atoms with van der Waals surface area (Å²) in [6.07, 6.45) is 5.13. The fourth-order valence-corrected chi connectivity index (χ4v) is 2.27.